The molecule has 0 aliphatic carbocycles. The van der Waals surface area contributed by atoms with Crippen molar-refractivity contribution in [1.82, 2.24) is 15.5 Å². The van der Waals surface area contributed by atoms with Gasteiger partial charge in [-0.1, -0.05) is 30.3 Å². The minimum atomic E-state index is -2.17. The Hall–Kier alpha value is -3.20. The number of aliphatic hydroxyl groups excluding tert-OH is 2. The van der Waals surface area contributed by atoms with Gasteiger partial charge in [0, 0.05) is 12.1 Å². The lowest BCUT2D eigenvalue weighted by Gasteiger charge is -2.31. The summed E-state index contributed by atoms with van der Waals surface area (Å²) in [7, 11) is 0. The number of ketones is 1. The van der Waals surface area contributed by atoms with Crippen LogP contribution in [0.15, 0.2) is 35.9 Å². The maximum Gasteiger partial charge on any atom is 0.324 e. The van der Waals surface area contributed by atoms with Gasteiger partial charge in [0.05, 0.1) is 6.61 Å². The van der Waals surface area contributed by atoms with E-state index in [1.807, 2.05) is 5.32 Å². The third-order valence-corrected chi connectivity index (χ3v) is 3.89. The summed E-state index contributed by atoms with van der Waals surface area (Å²) in [5, 5.41) is 23.8. The summed E-state index contributed by atoms with van der Waals surface area (Å²) in [6, 6.07) is 6.93. The highest BCUT2D eigenvalue weighted by molar-refractivity contribution is 6.49. The average molecular weight is 331 g/mol. The Balaban J connectivity index is 2.27. The van der Waals surface area contributed by atoms with Gasteiger partial charge in [-0.2, -0.15) is 0 Å². The third kappa shape index (κ3) is 1.98. The number of Topliss-reactive ketones (excluding diaryl/α,β-unsaturated/α-hetero) is 1. The molecular weight excluding hydrogens is 318 g/mol. The van der Waals surface area contributed by atoms with Crippen LogP contribution >= 0.6 is 0 Å². The summed E-state index contributed by atoms with van der Waals surface area (Å²) in [6.07, 6.45) is 0. The van der Waals surface area contributed by atoms with Crippen LogP contribution in [0.4, 0.5) is 4.79 Å². The second kappa shape index (κ2) is 5.46. The Labute approximate surface area is 135 Å². The zero-order valence-corrected chi connectivity index (χ0v) is 12.3. The van der Waals surface area contributed by atoms with Gasteiger partial charge in [-0.3, -0.25) is 24.6 Å². The fraction of sp³-hybridized carbons (Fsp3) is 0.200. The number of carbonyl (C=O) groups is 4. The van der Waals surface area contributed by atoms with Crippen molar-refractivity contribution in [1.29, 1.82) is 0 Å². The summed E-state index contributed by atoms with van der Waals surface area (Å²) in [5.41, 5.74) is -2.52. The molecule has 2 aliphatic rings. The number of amides is 4. The molecule has 2 fully saturated rings. The predicted molar refractivity (Wildman–Crippen MR) is 79.2 cm³/mol. The van der Waals surface area contributed by atoms with Gasteiger partial charge in [-0.25, -0.2) is 4.79 Å². The van der Waals surface area contributed by atoms with Crippen LogP contribution in [0.1, 0.15) is 5.56 Å². The molecule has 1 aromatic carbocycles. The minimum absolute atomic E-state index is 0.202. The molecule has 2 heterocycles. The second-order valence-corrected chi connectivity index (χ2v) is 5.22. The quantitative estimate of drug-likeness (QED) is 0.240. The van der Waals surface area contributed by atoms with E-state index in [0.29, 0.717) is 0 Å². The van der Waals surface area contributed by atoms with Gasteiger partial charge in [0.2, 0.25) is 5.66 Å². The normalized spacial score (nSPS) is 25.3. The molecule has 2 saturated heterocycles. The van der Waals surface area contributed by atoms with Crippen molar-refractivity contribution >= 4 is 29.4 Å². The zero-order valence-electron chi connectivity index (χ0n) is 12.3. The molecule has 124 valence electrons. The van der Waals surface area contributed by atoms with E-state index in [1.54, 1.807) is 18.2 Å². The molecule has 1 spiro atoms. The molecule has 2 aliphatic heterocycles. The molecule has 0 saturated carbocycles. The number of hydrogen-bond donors (Lipinski definition) is 4. The van der Waals surface area contributed by atoms with E-state index in [2.05, 4.69) is 5.32 Å². The number of urea groups is 1. The highest BCUT2D eigenvalue weighted by atomic mass is 16.3. The predicted octanol–water partition coefficient (Wildman–Crippen LogP) is -1.11. The van der Waals surface area contributed by atoms with Crippen LogP contribution in [0, 0.1) is 0 Å². The molecule has 24 heavy (non-hydrogen) atoms. The lowest BCUT2D eigenvalue weighted by atomic mass is 9.95. The number of rotatable bonds is 3. The number of hydrogen-bond acceptors (Lipinski definition) is 6. The van der Waals surface area contributed by atoms with Gasteiger partial charge in [-0.15, -0.1) is 0 Å². The molecule has 1 atom stereocenters. The van der Waals surface area contributed by atoms with E-state index in [0.717, 1.165) is 4.90 Å². The molecule has 1 unspecified atom stereocenters. The van der Waals surface area contributed by atoms with Crippen LogP contribution in [-0.2, 0) is 14.4 Å². The first-order chi connectivity index (χ1) is 11.4. The number of aliphatic hydroxyl groups is 2. The first-order valence-electron chi connectivity index (χ1n) is 7.03. The number of nitrogens with one attached hydrogen (secondary N) is 2. The number of carbonyl (C=O) groups excluding carboxylic acids is 4. The molecule has 3 rings (SSSR count). The molecule has 4 amide bonds. The Kier molecular flexibility index (Phi) is 3.57. The Morgan fingerprint density at radius 3 is 2.33 bits per heavy atom. The zero-order chi connectivity index (χ0) is 17.5. The fourth-order valence-corrected chi connectivity index (χ4v) is 2.88. The van der Waals surface area contributed by atoms with Gasteiger partial charge < -0.3 is 15.5 Å². The molecule has 0 bridgehead atoms. The topological polar surface area (TPSA) is 136 Å². The monoisotopic (exact) mass is 331 g/mol. The standard InChI is InChI=1S/C15H13N3O6/c19-7-6-18-12(22)11(21)9(10(20)8-4-2-1-3-5-8)15(18)13(23)16-14(24)17-15/h1-5,19-20H,6-7H2,(H2,16,17,23,24)/b10-9-. The Morgan fingerprint density at radius 1 is 1.12 bits per heavy atom. The Morgan fingerprint density at radius 2 is 1.79 bits per heavy atom. The van der Waals surface area contributed by atoms with Gasteiger partial charge in [-0.05, 0) is 0 Å². The van der Waals surface area contributed by atoms with E-state index < -0.39 is 47.2 Å². The van der Waals surface area contributed by atoms with Gasteiger partial charge in [0.1, 0.15) is 11.3 Å². The maximum atomic E-state index is 12.4. The van der Waals surface area contributed by atoms with Crippen LogP contribution in [0.2, 0.25) is 0 Å². The van der Waals surface area contributed by atoms with Crippen LogP contribution in [-0.4, -0.2) is 57.6 Å². The molecule has 4 N–H and O–H groups in total. The van der Waals surface area contributed by atoms with E-state index in [4.69, 9.17) is 5.11 Å². The Bertz CT molecular complexity index is 788. The first-order valence-corrected chi connectivity index (χ1v) is 7.03. The molecule has 9 nitrogen and oxygen atoms in total. The van der Waals surface area contributed by atoms with Crippen molar-refractivity contribution in [3.63, 3.8) is 0 Å². The smallest absolute Gasteiger partial charge is 0.324 e. The second-order valence-electron chi connectivity index (χ2n) is 5.22. The highest BCUT2D eigenvalue weighted by Gasteiger charge is 2.65. The van der Waals surface area contributed by atoms with Crippen LogP contribution in [0.5, 0.6) is 0 Å². The third-order valence-electron chi connectivity index (χ3n) is 3.89. The van der Waals surface area contributed by atoms with Crippen molar-refractivity contribution in [3.05, 3.63) is 41.5 Å². The van der Waals surface area contributed by atoms with E-state index in [1.165, 1.54) is 12.1 Å². The number of β-amino-alcohol motifs (C(OH)–C–C–N with tert-alkyl or cyclic N) is 1. The average Bonchev–Trinajstić information content (AvgIpc) is 2.97. The lowest BCUT2D eigenvalue weighted by molar-refractivity contribution is -0.144. The fourth-order valence-electron chi connectivity index (χ4n) is 2.88. The number of likely N-dealkylation sites (tertiary alicyclic amines) is 1. The van der Waals surface area contributed by atoms with Crippen molar-refractivity contribution in [2.45, 2.75) is 5.66 Å². The molecule has 9 heteroatoms. The van der Waals surface area contributed by atoms with Crippen molar-refractivity contribution in [2.75, 3.05) is 13.2 Å². The van der Waals surface area contributed by atoms with E-state index in [9.17, 15) is 24.3 Å². The SMILES string of the molecule is O=C1NC(=O)C2(N1)/C(=C(\O)c1ccccc1)C(=O)C(=O)N2CCO. The largest absolute Gasteiger partial charge is 0.507 e. The van der Waals surface area contributed by atoms with Gasteiger partial charge in [0.15, 0.2) is 0 Å². The molecule has 0 aromatic heterocycles. The molecule has 1 aromatic rings. The highest BCUT2D eigenvalue weighted by Crippen LogP contribution is 2.37. The van der Waals surface area contributed by atoms with Crippen molar-refractivity contribution in [2.24, 2.45) is 0 Å². The minimum Gasteiger partial charge on any atom is -0.507 e. The molecular formula is C15H13N3O6. The van der Waals surface area contributed by atoms with Crippen LogP contribution < -0.4 is 10.6 Å². The number of nitrogens with zero attached hydrogens (tertiary/aromatic N) is 1. The van der Waals surface area contributed by atoms with Crippen molar-refractivity contribution < 1.29 is 29.4 Å². The summed E-state index contributed by atoms with van der Waals surface area (Å²) >= 11 is 0. The first kappa shape index (κ1) is 15.7. The van der Waals surface area contributed by atoms with Gasteiger partial charge >= 0.3 is 6.03 Å². The number of imide groups is 1. The number of benzene rings is 1. The van der Waals surface area contributed by atoms with Crippen LogP contribution in [0.3, 0.4) is 0 Å². The van der Waals surface area contributed by atoms with Crippen molar-refractivity contribution in [3.8, 4) is 0 Å². The van der Waals surface area contributed by atoms with Gasteiger partial charge in [0.25, 0.3) is 17.6 Å². The summed E-state index contributed by atoms with van der Waals surface area (Å²) in [6.45, 7) is -0.910. The van der Waals surface area contributed by atoms with E-state index in [-0.39, 0.29) is 12.1 Å². The van der Waals surface area contributed by atoms with E-state index >= 15 is 0 Å². The van der Waals surface area contributed by atoms with Crippen LogP contribution in [0.25, 0.3) is 5.76 Å². The molecule has 0 radical (unpaired) electrons. The maximum absolute atomic E-state index is 12.4. The summed E-state index contributed by atoms with van der Waals surface area (Å²) in [5.74, 6) is -3.79. The summed E-state index contributed by atoms with van der Waals surface area (Å²) in [4.78, 5) is 49.4. The summed E-state index contributed by atoms with van der Waals surface area (Å²) < 4.78 is 0. The lowest BCUT2D eigenvalue weighted by Crippen LogP contribution is -2.59.